The number of carbonyl (C=O) groups is 2. The lowest BCUT2D eigenvalue weighted by Crippen LogP contribution is -2.18. The monoisotopic (exact) mass is 344 g/mol. The molecule has 0 aliphatic rings. The SMILES string of the molecule is CNC(=O)c1ccc(NC(=O)c2ccccc2Cc2ccccc2)cc1. The molecule has 26 heavy (non-hydrogen) atoms. The van der Waals surface area contributed by atoms with Crippen molar-refractivity contribution in [2.45, 2.75) is 6.42 Å². The molecule has 130 valence electrons. The molecule has 0 unspecified atom stereocenters. The topological polar surface area (TPSA) is 58.2 Å². The van der Waals surface area contributed by atoms with Crippen molar-refractivity contribution >= 4 is 17.5 Å². The highest BCUT2D eigenvalue weighted by Crippen LogP contribution is 2.17. The van der Waals surface area contributed by atoms with Crippen LogP contribution < -0.4 is 10.6 Å². The van der Waals surface area contributed by atoms with E-state index in [4.69, 9.17) is 0 Å². The van der Waals surface area contributed by atoms with Crippen LogP contribution in [0.5, 0.6) is 0 Å². The summed E-state index contributed by atoms with van der Waals surface area (Å²) in [6.07, 6.45) is 0.694. The third-order valence-corrected chi connectivity index (χ3v) is 4.13. The van der Waals surface area contributed by atoms with Gasteiger partial charge in [-0.15, -0.1) is 0 Å². The smallest absolute Gasteiger partial charge is 0.255 e. The maximum absolute atomic E-state index is 12.7. The van der Waals surface area contributed by atoms with Crippen LogP contribution in [0.1, 0.15) is 31.8 Å². The molecule has 0 radical (unpaired) electrons. The molecule has 4 heteroatoms. The van der Waals surface area contributed by atoms with Crippen molar-refractivity contribution in [3.63, 3.8) is 0 Å². The molecule has 0 aliphatic heterocycles. The Labute approximate surface area is 152 Å². The average molecular weight is 344 g/mol. The Morgan fingerprint density at radius 1 is 0.769 bits per heavy atom. The third kappa shape index (κ3) is 4.16. The Bertz CT molecular complexity index is 903. The van der Waals surface area contributed by atoms with Crippen LogP contribution in [0, 0.1) is 0 Å². The molecular weight excluding hydrogens is 324 g/mol. The molecule has 0 aliphatic carbocycles. The van der Waals surface area contributed by atoms with E-state index in [9.17, 15) is 9.59 Å². The highest BCUT2D eigenvalue weighted by Gasteiger charge is 2.12. The summed E-state index contributed by atoms with van der Waals surface area (Å²) in [6, 6.07) is 24.5. The third-order valence-electron chi connectivity index (χ3n) is 4.13. The number of carbonyl (C=O) groups excluding carboxylic acids is 2. The van der Waals surface area contributed by atoms with E-state index in [2.05, 4.69) is 10.6 Å². The second-order valence-corrected chi connectivity index (χ2v) is 5.93. The van der Waals surface area contributed by atoms with Gasteiger partial charge in [-0.3, -0.25) is 9.59 Å². The van der Waals surface area contributed by atoms with Gasteiger partial charge in [0.15, 0.2) is 0 Å². The van der Waals surface area contributed by atoms with Crippen molar-refractivity contribution in [1.29, 1.82) is 0 Å². The first-order valence-corrected chi connectivity index (χ1v) is 8.42. The van der Waals surface area contributed by atoms with Gasteiger partial charge >= 0.3 is 0 Å². The molecule has 0 heterocycles. The fourth-order valence-electron chi connectivity index (χ4n) is 2.76. The normalized spacial score (nSPS) is 10.2. The molecule has 0 spiro atoms. The van der Waals surface area contributed by atoms with Crippen molar-refractivity contribution < 1.29 is 9.59 Å². The van der Waals surface area contributed by atoms with E-state index < -0.39 is 0 Å². The van der Waals surface area contributed by atoms with Crippen molar-refractivity contribution in [1.82, 2.24) is 5.32 Å². The van der Waals surface area contributed by atoms with Gasteiger partial charge in [0.25, 0.3) is 11.8 Å². The highest BCUT2D eigenvalue weighted by molar-refractivity contribution is 6.05. The molecular formula is C22H20N2O2. The van der Waals surface area contributed by atoms with Gasteiger partial charge in [0.1, 0.15) is 0 Å². The highest BCUT2D eigenvalue weighted by atomic mass is 16.2. The van der Waals surface area contributed by atoms with E-state index in [-0.39, 0.29) is 11.8 Å². The Balaban J connectivity index is 1.77. The van der Waals surface area contributed by atoms with E-state index in [1.165, 1.54) is 0 Å². The minimum atomic E-state index is -0.163. The quantitative estimate of drug-likeness (QED) is 0.738. The van der Waals surface area contributed by atoms with E-state index in [0.717, 1.165) is 11.1 Å². The standard InChI is InChI=1S/C22H20N2O2/c1-23-21(25)17-11-13-19(14-12-17)24-22(26)20-10-6-5-9-18(20)15-16-7-3-2-4-8-16/h2-14H,15H2,1H3,(H,23,25)(H,24,26). The zero-order valence-corrected chi connectivity index (χ0v) is 14.5. The molecule has 3 rings (SSSR count). The summed E-state index contributed by atoms with van der Waals surface area (Å²) < 4.78 is 0. The summed E-state index contributed by atoms with van der Waals surface area (Å²) in [6.45, 7) is 0. The van der Waals surface area contributed by atoms with E-state index in [0.29, 0.717) is 23.2 Å². The van der Waals surface area contributed by atoms with Gasteiger partial charge in [-0.25, -0.2) is 0 Å². The summed E-state index contributed by atoms with van der Waals surface area (Å²) in [5, 5.41) is 5.47. The van der Waals surface area contributed by atoms with Crippen LogP contribution >= 0.6 is 0 Å². The van der Waals surface area contributed by atoms with Crippen LogP contribution in [-0.2, 0) is 6.42 Å². The first-order valence-electron chi connectivity index (χ1n) is 8.42. The van der Waals surface area contributed by atoms with Gasteiger partial charge in [0.05, 0.1) is 0 Å². The molecule has 0 saturated heterocycles. The van der Waals surface area contributed by atoms with Gasteiger partial charge < -0.3 is 10.6 Å². The molecule has 0 saturated carbocycles. The van der Waals surface area contributed by atoms with Crippen molar-refractivity contribution in [2.75, 3.05) is 12.4 Å². The summed E-state index contributed by atoms with van der Waals surface area (Å²) in [4.78, 5) is 24.3. The molecule has 0 aromatic heterocycles. The molecule has 2 amide bonds. The molecule has 3 aromatic carbocycles. The lowest BCUT2D eigenvalue weighted by atomic mass is 9.99. The predicted molar refractivity (Wildman–Crippen MR) is 103 cm³/mol. The number of hydrogen-bond donors (Lipinski definition) is 2. The average Bonchev–Trinajstić information content (AvgIpc) is 2.69. The van der Waals surface area contributed by atoms with Crippen LogP contribution in [0.3, 0.4) is 0 Å². The van der Waals surface area contributed by atoms with Crippen molar-refractivity contribution in [3.8, 4) is 0 Å². The van der Waals surface area contributed by atoms with Crippen LogP contribution in [0.15, 0.2) is 78.9 Å². The summed E-state index contributed by atoms with van der Waals surface area (Å²) in [5.74, 6) is -0.319. The fraction of sp³-hybridized carbons (Fsp3) is 0.0909. The summed E-state index contributed by atoms with van der Waals surface area (Å²) >= 11 is 0. The Morgan fingerprint density at radius 3 is 2.12 bits per heavy atom. The van der Waals surface area contributed by atoms with Crippen LogP contribution in [0.4, 0.5) is 5.69 Å². The number of rotatable bonds is 5. The number of benzene rings is 3. The minimum Gasteiger partial charge on any atom is -0.355 e. The van der Waals surface area contributed by atoms with Crippen molar-refractivity contribution in [3.05, 3.63) is 101 Å². The van der Waals surface area contributed by atoms with Crippen molar-refractivity contribution in [2.24, 2.45) is 0 Å². The minimum absolute atomic E-state index is 0.156. The number of anilines is 1. The van der Waals surface area contributed by atoms with Gasteiger partial charge in [0.2, 0.25) is 0 Å². The van der Waals surface area contributed by atoms with Gasteiger partial charge in [0, 0.05) is 23.9 Å². The van der Waals surface area contributed by atoms with Crippen LogP contribution in [0.2, 0.25) is 0 Å². The number of amides is 2. The van der Waals surface area contributed by atoms with Gasteiger partial charge in [-0.1, -0.05) is 48.5 Å². The fourth-order valence-corrected chi connectivity index (χ4v) is 2.76. The van der Waals surface area contributed by atoms with E-state index in [1.54, 1.807) is 31.3 Å². The lowest BCUT2D eigenvalue weighted by molar-refractivity contribution is 0.0962. The zero-order valence-electron chi connectivity index (χ0n) is 14.5. The van der Waals surface area contributed by atoms with Gasteiger partial charge in [-0.2, -0.15) is 0 Å². The lowest BCUT2D eigenvalue weighted by Gasteiger charge is -2.11. The number of hydrogen-bond acceptors (Lipinski definition) is 2. The molecule has 4 nitrogen and oxygen atoms in total. The molecule has 2 N–H and O–H groups in total. The summed E-state index contributed by atoms with van der Waals surface area (Å²) in [5.41, 5.74) is 3.97. The van der Waals surface area contributed by atoms with Crippen LogP contribution in [0.25, 0.3) is 0 Å². The maximum Gasteiger partial charge on any atom is 0.255 e. The van der Waals surface area contributed by atoms with E-state index >= 15 is 0 Å². The van der Waals surface area contributed by atoms with Crippen LogP contribution in [-0.4, -0.2) is 18.9 Å². The molecule has 0 atom stereocenters. The molecule has 0 bridgehead atoms. The Morgan fingerprint density at radius 2 is 1.42 bits per heavy atom. The zero-order chi connectivity index (χ0) is 18.4. The Kier molecular flexibility index (Phi) is 5.44. The first-order chi connectivity index (χ1) is 12.7. The Hall–Kier alpha value is -3.40. The molecule has 0 fully saturated rings. The first kappa shape index (κ1) is 17.4. The number of nitrogens with one attached hydrogen (secondary N) is 2. The van der Waals surface area contributed by atoms with Gasteiger partial charge in [-0.05, 0) is 47.9 Å². The second kappa shape index (κ2) is 8.12. The predicted octanol–water partition coefficient (Wildman–Crippen LogP) is 3.89. The summed E-state index contributed by atoms with van der Waals surface area (Å²) in [7, 11) is 1.59. The second-order valence-electron chi connectivity index (χ2n) is 5.93. The molecule has 3 aromatic rings. The maximum atomic E-state index is 12.7. The van der Waals surface area contributed by atoms with E-state index in [1.807, 2.05) is 54.6 Å². The largest absolute Gasteiger partial charge is 0.355 e.